The van der Waals surface area contributed by atoms with Gasteiger partial charge in [-0.15, -0.1) is 12.4 Å². The van der Waals surface area contributed by atoms with E-state index in [0.717, 1.165) is 24.2 Å². The van der Waals surface area contributed by atoms with Gasteiger partial charge in [-0.05, 0) is 43.1 Å². The molecule has 0 radical (unpaired) electrons. The van der Waals surface area contributed by atoms with Gasteiger partial charge < -0.3 is 14.8 Å². The highest BCUT2D eigenvalue weighted by Crippen LogP contribution is 2.37. The quantitative estimate of drug-likeness (QED) is 0.357. The molecular formula is C23H33Cl2NO2. The minimum atomic E-state index is 0. The second-order valence-electron chi connectivity index (χ2n) is 6.70. The van der Waals surface area contributed by atoms with Crippen molar-refractivity contribution < 1.29 is 9.47 Å². The third-order valence-corrected chi connectivity index (χ3v) is 4.66. The number of unbranched alkanes of at least 4 members (excludes halogenated alkanes) is 4. The highest BCUT2D eigenvalue weighted by Gasteiger charge is 2.13. The second kappa shape index (κ2) is 14.6. The third kappa shape index (κ3) is 8.72. The first-order valence-electron chi connectivity index (χ1n) is 10.1. The molecule has 5 heteroatoms. The van der Waals surface area contributed by atoms with Crippen LogP contribution >= 0.6 is 24.0 Å². The smallest absolute Gasteiger partial charge is 0.180 e. The largest absolute Gasteiger partial charge is 0.490 e. The molecule has 2 aromatic rings. The molecule has 0 heterocycles. The summed E-state index contributed by atoms with van der Waals surface area (Å²) in [4.78, 5) is 0. The van der Waals surface area contributed by atoms with E-state index in [1.807, 2.05) is 49.4 Å². The lowest BCUT2D eigenvalue weighted by atomic mass is 10.1. The van der Waals surface area contributed by atoms with E-state index in [-0.39, 0.29) is 12.4 Å². The molecule has 0 aliphatic carbocycles. The summed E-state index contributed by atoms with van der Waals surface area (Å²) in [5.41, 5.74) is 2.22. The minimum absolute atomic E-state index is 0. The Morgan fingerprint density at radius 2 is 1.64 bits per heavy atom. The molecule has 0 atom stereocenters. The van der Waals surface area contributed by atoms with Crippen molar-refractivity contribution in [2.24, 2.45) is 0 Å². The zero-order chi connectivity index (χ0) is 19.3. The summed E-state index contributed by atoms with van der Waals surface area (Å²) in [6, 6.07) is 14.1. The van der Waals surface area contributed by atoms with E-state index in [1.54, 1.807) is 0 Å². The van der Waals surface area contributed by atoms with Crippen molar-refractivity contribution in [1.29, 1.82) is 0 Å². The maximum Gasteiger partial charge on any atom is 0.180 e. The Kier molecular flexibility index (Phi) is 12.8. The minimum Gasteiger partial charge on any atom is -0.490 e. The molecule has 2 aromatic carbocycles. The number of benzene rings is 2. The number of rotatable bonds is 13. The highest BCUT2D eigenvalue weighted by atomic mass is 35.5. The van der Waals surface area contributed by atoms with Crippen LogP contribution in [0.25, 0.3) is 0 Å². The third-order valence-electron chi connectivity index (χ3n) is 4.38. The molecule has 0 aliphatic rings. The monoisotopic (exact) mass is 425 g/mol. The Hall–Kier alpha value is -1.42. The lowest BCUT2D eigenvalue weighted by Crippen LogP contribution is -2.15. The molecule has 0 unspecified atom stereocenters. The van der Waals surface area contributed by atoms with Crippen molar-refractivity contribution in [2.75, 3.05) is 13.2 Å². The van der Waals surface area contributed by atoms with E-state index >= 15 is 0 Å². The molecule has 0 aromatic heterocycles. The molecule has 0 fully saturated rings. The zero-order valence-electron chi connectivity index (χ0n) is 17.0. The van der Waals surface area contributed by atoms with Crippen LogP contribution in [-0.2, 0) is 13.2 Å². The van der Waals surface area contributed by atoms with Gasteiger partial charge in [-0.3, -0.25) is 0 Å². The molecule has 3 nitrogen and oxygen atoms in total. The zero-order valence-corrected chi connectivity index (χ0v) is 18.6. The second-order valence-corrected chi connectivity index (χ2v) is 7.11. The molecule has 156 valence electrons. The summed E-state index contributed by atoms with van der Waals surface area (Å²) in [6.07, 6.45) is 6.44. The first-order chi connectivity index (χ1) is 13.2. The van der Waals surface area contributed by atoms with Crippen LogP contribution in [0.4, 0.5) is 0 Å². The molecule has 0 aliphatic heterocycles. The van der Waals surface area contributed by atoms with E-state index in [4.69, 9.17) is 21.1 Å². The van der Waals surface area contributed by atoms with Crippen LogP contribution in [0.15, 0.2) is 42.5 Å². The van der Waals surface area contributed by atoms with Gasteiger partial charge in [0.2, 0.25) is 0 Å². The molecular weight excluding hydrogens is 393 g/mol. The number of halogens is 2. The Morgan fingerprint density at radius 3 is 2.36 bits per heavy atom. The molecule has 0 bridgehead atoms. The van der Waals surface area contributed by atoms with Crippen LogP contribution in [0.2, 0.25) is 5.02 Å². The van der Waals surface area contributed by atoms with Crippen LogP contribution in [0.1, 0.15) is 57.1 Å². The Bertz CT molecular complexity index is 665. The number of hydrogen-bond donors (Lipinski definition) is 1. The summed E-state index contributed by atoms with van der Waals surface area (Å²) in [5.74, 6) is 1.33. The summed E-state index contributed by atoms with van der Waals surface area (Å²) in [7, 11) is 0. The number of nitrogens with one attached hydrogen (secondary N) is 1. The average molecular weight is 426 g/mol. The van der Waals surface area contributed by atoms with Gasteiger partial charge in [0, 0.05) is 6.54 Å². The predicted octanol–water partition coefficient (Wildman–Crippen LogP) is 6.80. The van der Waals surface area contributed by atoms with Crippen LogP contribution < -0.4 is 14.8 Å². The maximum absolute atomic E-state index is 6.50. The molecule has 0 saturated carbocycles. The fraction of sp³-hybridized carbons (Fsp3) is 0.478. The van der Waals surface area contributed by atoms with E-state index in [2.05, 4.69) is 12.2 Å². The van der Waals surface area contributed by atoms with E-state index < -0.39 is 0 Å². The van der Waals surface area contributed by atoms with E-state index in [0.29, 0.717) is 29.7 Å². The molecule has 1 N–H and O–H groups in total. The van der Waals surface area contributed by atoms with E-state index in [1.165, 1.54) is 32.1 Å². The topological polar surface area (TPSA) is 30.5 Å². The van der Waals surface area contributed by atoms with Crippen molar-refractivity contribution in [3.8, 4) is 11.5 Å². The van der Waals surface area contributed by atoms with Crippen LogP contribution in [0.5, 0.6) is 11.5 Å². The van der Waals surface area contributed by atoms with E-state index in [9.17, 15) is 0 Å². The van der Waals surface area contributed by atoms with Crippen molar-refractivity contribution in [3.05, 3.63) is 58.6 Å². The Labute approximate surface area is 181 Å². The normalized spacial score (nSPS) is 10.4. The van der Waals surface area contributed by atoms with Gasteiger partial charge in [0.1, 0.15) is 6.61 Å². The van der Waals surface area contributed by atoms with Gasteiger partial charge in [-0.25, -0.2) is 0 Å². The van der Waals surface area contributed by atoms with Gasteiger partial charge in [-0.1, -0.05) is 74.5 Å². The molecule has 0 saturated heterocycles. The fourth-order valence-electron chi connectivity index (χ4n) is 2.94. The summed E-state index contributed by atoms with van der Waals surface area (Å²) in [5, 5.41) is 4.09. The number of hydrogen-bond acceptors (Lipinski definition) is 3. The first kappa shape index (κ1) is 24.6. The number of ether oxygens (including phenoxy) is 2. The van der Waals surface area contributed by atoms with Crippen LogP contribution in [-0.4, -0.2) is 13.2 Å². The lowest BCUT2D eigenvalue weighted by molar-refractivity contribution is 0.269. The first-order valence-corrected chi connectivity index (χ1v) is 10.4. The fourth-order valence-corrected chi connectivity index (χ4v) is 3.23. The van der Waals surface area contributed by atoms with Gasteiger partial charge in [0.15, 0.2) is 11.5 Å². The molecule has 0 amide bonds. The van der Waals surface area contributed by atoms with Crippen molar-refractivity contribution >= 4 is 24.0 Å². The summed E-state index contributed by atoms with van der Waals surface area (Å²) in [6.45, 7) is 7.06. The molecule has 0 spiro atoms. The van der Waals surface area contributed by atoms with Crippen LogP contribution in [0, 0.1) is 0 Å². The van der Waals surface area contributed by atoms with Gasteiger partial charge in [0.25, 0.3) is 0 Å². The summed E-state index contributed by atoms with van der Waals surface area (Å²) < 4.78 is 11.7. The van der Waals surface area contributed by atoms with Gasteiger partial charge in [0.05, 0.1) is 11.6 Å². The van der Waals surface area contributed by atoms with Crippen molar-refractivity contribution in [3.63, 3.8) is 0 Å². The highest BCUT2D eigenvalue weighted by molar-refractivity contribution is 6.32. The van der Waals surface area contributed by atoms with Crippen molar-refractivity contribution in [2.45, 2.75) is 59.1 Å². The predicted molar refractivity (Wildman–Crippen MR) is 121 cm³/mol. The van der Waals surface area contributed by atoms with Crippen molar-refractivity contribution in [1.82, 2.24) is 5.32 Å². The lowest BCUT2D eigenvalue weighted by Gasteiger charge is -2.16. The Morgan fingerprint density at radius 1 is 0.893 bits per heavy atom. The Balaban J connectivity index is 0.00000392. The maximum atomic E-state index is 6.50. The molecule has 2 rings (SSSR count). The molecule has 28 heavy (non-hydrogen) atoms. The van der Waals surface area contributed by atoms with Gasteiger partial charge in [-0.2, -0.15) is 0 Å². The average Bonchev–Trinajstić information content (AvgIpc) is 2.68. The van der Waals surface area contributed by atoms with Crippen LogP contribution in [0.3, 0.4) is 0 Å². The summed E-state index contributed by atoms with van der Waals surface area (Å²) >= 11 is 6.50. The SMILES string of the molecule is CCCCCCCNCc1cc(Cl)c(OCc2ccccc2)c(OCC)c1.Cl. The standard InChI is InChI=1S/C23H32ClNO2.ClH/c1-3-5-6-7-11-14-25-17-20-15-21(24)23(22(16-20)26-4-2)27-18-19-12-9-8-10-13-19;/h8-10,12-13,15-16,25H,3-7,11,14,17-18H2,1-2H3;1H. The van der Waals surface area contributed by atoms with Gasteiger partial charge >= 0.3 is 0 Å².